The fourth-order valence-electron chi connectivity index (χ4n) is 3.33. The van der Waals surface area contributed by atoms with Gasteiger partial charge in [0, 0.05) is 0 Å². The van der Waals surface area contributed by atoms with Gasteiger partial charge in [-0.15, -0.1) is 0 Å². The van der Waals surface area contributed by atoms with Gasteiger partial charge in [-0.1, -0.05) is 157 Å². The minimum Gasteiger partial charge on any atom is -0.497 e. The molecule has 2 aromatic carbocycles. The second-order valence-corrected chi connectivity index (χ2v) is 17.7. The molecule has 0 unspecified atom stereocenters. The first-order valence-corrected chi connectivity index (χ1v) is 16.7. The number of halogens is 12. The van der Waals surface area contributed by atoms with Crippen LogP contribution >= 0.6 is 139 Å². The predicted octanol–water partition coefficient (Wildman–Crippen LogP) is 10.4. The van der Waals surface area contributed by atoms with Crippen LogP contribution in [0.4, 0.5) is 0 Å². The van der Waals surface area contributed by atoms with E-state index in [0.29, 0.717) is 17.1 Å². The largest absolute Gasteiger partial charge is 0.497 e. The van der Waals surface area contributed by atoms with Gasteiger partial charge in [0.25, 0.3) is 0 Å². The van der Waals surface area contributed by atoms with Crippen LogP contribution in [-0.4, -0.2) is 51.3 Å². The molecule has 2 aliphatic heterocycles. The molecule has 0 amide bonds. The van der Waals surface area contributed by atoms with Crippen LogP contribution in [0, 0.1) is 0 Å². The number of hydrazone groups is 2. The molecular weight excluding hydrogens is 854 g/mol. The minimum atomic E-state index is -1.87. The number of allylic oxidation sites excluding steroid dienone is 3. The van der Waals surface area contributed by atoms with E-state index in [1.165, 1.54) is 0 Å². The van der Waals surface area contributed by atoms with Crippen LogP contribution in [0.25, 0.3) is 11.8 Å². The van der Waals surface area contributed by atoms with Crippen molar-refractivity contribution < 1.29 is 9.47 Å². The third kappa shape index (κ3) is 12.0. The summed E-state index contributed by atoms with van der Waals surface area (Å²) in [6.45, 7) is 0. The van der Waals surface area contributed by atoms with E-state index in [1.807, 2.05) is 30.3 Å². The van der Waals surface area contributed by atoms with Gasteiger partial charge in [0.1, 0.15) is 22.9 Å². The lowest BCUT2D eigenvalue weighted by atomic mass is 10.1. The van der Waals surface area contributed by atoms with Crippen molar-refractivity contribution in [3.63, 3.8) is 0 Å². The second-order valence-electron chi connectivity index (χ2n) is 8.74. The summed E-state index contributed by atoms with van der Waals surface area (Å²) in [4.78, 5) is 0. The van der Waals surface area contributed by atoms with E-state index in [-0.39, 0.29) is 11.4 Å². The van der Waals surface area contributed by atoms with Gasteiger partial charge in [-0.2, -0.15) is 20.4 Å². The first-order chi connectivity index (χ1) is 21.2. The lowest BCUT2D eigenvalue weighted by molar-refractivity contribution is 0.221. The Bertz CT molecular complexity index is 1500. The number of hydrazine groups is 2. The van der Waals surface area contributed by atoms with Crippen LogP contribution in [0.1, 0.15) is 11.1 Å². The Morgan fingerprint density at radius 1 is 0.587 bits per heavy atom. The highest BCUT2D eigenvalue weighted by molar-refractivity contribution is 6.78. The molecule has 4 rings (SSSR count). The smallest absolute Gasteiger partial charge is 0.301 e. The molecule has 0 bridgehead atoms. The van der Waals surface area contributed by atoms with E-state index in [0.717, 1.165) is 27.1 Å². The summed E-state index contributed by atoms with van der Waals surface area (Å²) < 4.78 is 2.94. The molecule has 250 valence electrons. The molecule has 0 saturated carbocycles. The van der Waals surface area contributed by atoms with Crippen LogP contribution in [0.2, 0.25) is 0 Å². The number of ether oxygens (including phenoxy) is 2. The fourth-order valence-corrected chi connectivity index (χ4v) is 4.36. The molecule has 0 aromatic heterocycles. The van der Waals surface area contributed by atoms with Gasteiger partial charge < -0.3 is 9.47 Å². The van der Waals surface area contributed by atoms with Crippen molar-refractivity contribution in [3.8, 4) is 11.5 Å². The van der Waals surface area contributed by atoms with E-state index in [4.69, 9.17) is 149 Å². The molecule has 2 N–H and O–H groups in total. The second kappa shape index (κ2) is 16.3. The summed E-state index contributed by atoms with van der Waals surface area (Å²) in [6.07, 6.45) is 6.66. The standard InChI is InChI=1S/C14H11Cl6N3O.C12H9Cl6N3O/c1-24-11-6-3-9(4-7-11)2-5-10-8-12(13(15,16)17)22-23(21-10)14(18,19)20;1-22-8-4-2-7(3-5-8)9-6-10(11(13,14)15)20-21(19-9)12(16,17)18/h2-8,21H,1H3;2-6,19H,1H3/b5-2+;. The van der Waals surface area contributed by atoms with Crippen LogP contribution < -0.4 is 20.3 Å². The summed E-state index contributed by atoms with van der Waals surface area (Å²) in [7, 11) is 3.18. The van der Waals surface area contributed by atoms with Crippen molar-refractivity contribution in [2.45, 2.75) is 15.4 Å². The van der Waals surface area contributed by atoms with Crippen LogP contribution in [0.3, 0.4) is 0 Å². The van der Waals surface area contributed by atoms with Crippen molar-refractivity contribution in [2.24, 2.45) is 10.2 Å². The molecule has 8 nitrogen and oxygen atoms in total. The van der Waals surface area contributed by atoms with Crippen molar-refractivity contribution >= 4 is 162 Å². The molecule has 0 atom stereocenters. The first-order valence-electron chi connectivity index (χ1n) is 12.2. The van der Waals surface area contributed by atoms with E-state index < -0.39 is 15.4 Å². The Morgan fingerprint density at radius 2 is 1.02 bits per heavy atom. The SMILES string of the molecule is COc1ccc(/C=C/C2=CC(C(Cl)(Cl)Cl)=NN(C(Cl)(Cl)Cl)N2)cc1.COc1ccc(C2=CC(C(Cl)(Cl)Cl)=NN(C(Cl)(Cl)Cl)N2)cc1. The molecule has 2 heterocycles. The van der Waals surface area contributed by atoms with Gasteiger partial charge in [-0.05, 0) is 65.8 Å². The van der Waals surface area contributed by atoms with Crippen molar-refractivity contribution in [1.29, 1.82) is 0 Å². The van der Waals surface area contributed by atoms with Gasteiger partial charge in [-0.25, -0.2) is 0 Å². The van der Waals surface area contributed by atoms with E-state index >= 15 is 0 Å². The summed E-state index contributed by atoms with van der Waals surface area (Å²) in [5, 5.41) is 9.91. The van der Waals surface area contributed by atoms with Crippen LogP contribution in [0.15, 0.2) is 82.7 Å². The highest BCUT2D eigenvalue weighted by atomic mass is 35.6. The number of alkyl halides is 12. The zero-order chi connectivity index (χ0) is 34.5. The Hall–Kier alpha value is -0.720. The van der Waals surface area contributed by atoms with Crippen molar-refractivity contribution in [3.05, 3.63) is 83.6 Å². The van der Waals surface area contributed by atoms with E-state index in [1.54, 1.807) is 56.7 Å². The molecule has 2 aliphatic rings. The monoisotopic (exact) mass is 868 g/mol. The van der Waals surface area contributed by atoms with Crippen molar-refractivity contribution in [1.82, 2.24) is 21.1 Å². The molecule has 0 fully saturated rings. The quantitative estimate of drug-likeness (QED) is 0.230. The fraction of sp³-hybridized carbons (Fsp3) is 0.231. The number of nitrogens with zero attached hydrogens (tertiary/aromatic N) is 4. The topological polar surface area (TPSA) is 73.7 Å². The molecule has 46 heavy (non-hydrogen) atoms. The minimum absolute atomic E-state index is 0.104. The third-order valence-electron chi connectivity index (χ3n) is 5.48. The number of methoxy groups -OCH3 is 2. The van der Waals surface area contributed by atoms with Gasteiger partial charge in [0.2, 0.25) is 7.59 Å². The summed E-state index contributed by atoms with van der Waals surface area (Å²) in [5.74, 6) is 1.46. The summed E-state index contributed by atoms with van der Waals surface area (Å²) >= 11 is 70.3. The highest BCUT2D eigenvalue weighted by Crippen LogP contribution is 2.38. The average Bonchev–Trinajstić information content (AvgIpc) is 2.98. The maximum atomic E-state index is 5.88. The van der Waals surface area contributed by atoms with Gasteiger partial charge in [0.15, 0.2) is 0 Å². The third-order valence-corrected chi connectivity index (χ3v) is 7.61. The number of nitrogens with one attached hydrogen (secondary N) is 2. The van der Waals surface area contributed by atoms with Gasteiger partial charge >= 0.3 is 7.83 Å². The zero-order valence-electron chi connectivity index (χ0n) is 23.1. The number of hydrogen-bond acceptors (Lipinski definition) is 8. The average molecular weight is 874 g/mol. The molecule has 0 spiro atoms. The molecule has 20 heteroatoms. The lowest BCUT2D eigenvalue weighted by Gasteiger charge is -2.33. The number of hydrogen-bond donors (Lipinski definition) is 2. The molecule has 2 aromatic rings. The Labute approximate surface area is 325 Å². The molecule has 0 aliphatic carbocycles. The molecule has 0 saturated heterocycles. The maximum absolute atomic E-state index is 5.88. The zero-order valence-corrected chi connectivity index (χ0v) is 32.1. The normalized spacial score (nSPS) is 15.9. The van der Waals surface area contributed by atoms with Crippen LogP contribution in [0.5, 0.6) is 11.5 Å². The van der Waals surface area contributed by atoms with Gasteiger partial charge in [0.05, 0.1) is 25.6 Å². The van der Waals surface area contributed by atoms with Crippen LogP contribution in [-0.2, 0) is 0 Å². The van der Waals surface area contributed by atoms with E-state index in [2.05, 4.69) is 21.1 Å². The van der Waals surface area contributed by atoms with E-state index in [9.17, 15) is 0 Å². The predicted molar refractivity (Wildman–Crippen MR) is 197 cm³/mol. The molecular formula is C26H20Cl12N6O2. The number of benzene rings is 2. The lowest BCUT2D eigenvalue weighted by Crippen LogP contribution is -2.45. The summed E-state index contributed by atoms with van der Waals surface area (Å²) in [6, 6.07) is 14.6. The Morgan fingerprint density at radius 3 is 1.46 bits per heavy atom. The highest BCUT2D eigenvalue weighted by Gasteiger charge is 2.38. The van der Waals surface area contributed by atoms with Crippen molar-refractivity contribution in [2.75, 3.05) is 14.2 Å². The first kappa shape index (κ1) is 39.7. The van der Waals surface area contributed by atoms with Gasteiger partial charge in [-0.3, -0.25) is 10.9 Å². The molecule has 0 radical (unpaired) electrons. The Kier molecular flexibility index (Phi) is 14.1. The number of rotatable bonds is 5. The Balaban J connectivity index is 0.000000251. The maximum Gasteiger partial charge on any atom is 0.301 e. The summed E-state index contributed by atoms with van der Waals surface area (Å²) in [5.41, 5.74) is 8.63.